The number of rotatable bonds is 7. The molecule has 2 rings (SSSR count). The van der Waals surface area contributed by atoms with Crippen LogP contribution in [0.1, 0.15) is 19.8 Å². The molecule has 114 valence electrons. The van der Waals surface area contributed by atoms with Crippen LogP contribution >= 0.6 is 0 Å². The highest BCUT2D eigenvalue weighted by molar-refractivity contribution is 7.89. The van der Waals surface area contributed by atoms with Gasteiger partial charge in [-0.1, -0.05) is 0 Å². The molecule has 0 bridgehead atoms. The molecule has 0 amide bonds. The summed E-state index contributed by atoms with van der Waals surface area (Å²) >= 11 is 0. The van der Waals surface area contributed by atoms with Crippen LogP contribution in [0.5, 0.6) is 0 Å². The minimum absolute atomic E-state index is 0.204. The van der Waals surface area contributed by atoms with Gasteiger partial charge in [0.25, 0.3) is 0 Å². The molecule has 2 N–H and O–H groups in total. The Balaban J connectivity index is 2.02. The van der Waals surface area contributed by atoms with Crippen molar-refractivity contribution in [3.8, 4) is 0 Å². The highest BCUT2D eigenvalue weighted by atomic mass is 32.2. The Labute approximate surface area is 119 Å². The van der Waals surface area contributed by atoms with Crippen molar-refractivity contribution in [2.24, 2.45) is 0 Å². The third-order valence-corrected chi connectivity index (χ3v) is 4.93. The van der Waals surface area contributed by atoms with E-state index in [0.29, 0.717) is 26.2 Å². The minimum Gasteiger partial charge on any atom is -0.379 e. The van der Waals surface area contributed by atoms with E-state index in [-0.39, 0.29) is 4.90 Å². The number of aromatic nitrogens is 2. The van der Waals surface area contributed by atoms with E-state index >= 15 is 0 Å². The van der Waals surface area contributed by atoms with Crippen LogP contribution in [0.4, 0.5) is 0 Å². The van der Waals surface area contributed by atoms with E-state index in [1.807, 2.05) is 14.0 Å². The molecule has 0 saturated carbocycles. The first kappa shape index (κ1) is 15.4. The molecule has 8 heteroatoms. The number of nitrogens with zero attached hydrogens (tertiary/aromatic N) is 2. The van der Waals surface area contributed by atoms with E-state index in [1.165, 1.54) is 6.20 Å². The Morgan fingerprint density at radius 2 is 2.35 bits per heavy atom. The van der Waals surface area contributed by atoms with E-state index in [9.17, 15) is 8.42 Å². The van der Waals surface area contributed by atoms with Gasteiger partial charge in [0.1, 0.15) is 4.90 Å². The Kier molecular flexibility index (Phi) is 4.79. The summed E-state index contributed by atoms with van der Waals surface area (Å²) in [7, 11) is -1.66. The van der Waals surface area contributed by atoms with Crippen LogP contribution in [-0.4, -0.2) is 50.5 Å². The molecular weight excluding hydrogens is 280 g/mol. The summed E-state index contributed by atoms with van der Waals surface area (Å²) in [6, 6.07) is 0. The Hall–Kier alpha value is -0.960. The van der Waals surface area contributed by atoms with Gasteiger partial charge in [-0.15, -0.1) is 0 Å². The molecule has 1 aromatic heterocycles. The molecule has 1 aliphatic rings. The maximum absolute atomic E-state index is 12.3. The van der Waals surface area contributed by atoms with Gasteiger partial charge in [-0.2, -0.15) is 5.10 Å². The van der Waals surface area contributed by atoms with Gasteiger partial charge < -0.3 is 10.1 Å². The number of aryl methyl sites for hydroxylation is 1. The summed E-state index contributed by atoms with van der Waals surface area (Å²) < 4.78 is 34.2. The first-order valence-corrected chi connectivity index (χ1v) is 8.22. The van der Waals surface area contributed by atoms with E-state index in [0.717, 1.165) is 13.0 Å². The lowest BCUT2D eigenvalue weighted by atomic mass is 10.0. The maximum atomic E-state index is 12.3. The van der Waals surface area contributed by atoms with Gasteiger partial charge in [-0.05, 0) is 33.4 Å². The second kappa shape index (κ2) is 6.21. The predicted molar refractivity (Wildman–Crippen MR) is 74.9 cm³/mol. The number of ether oxygens (including phenoxy) is 1. The summed E-state index contributed by atoms with van der Waals surface area (Å²) in [5.74, 6) is 0. The van der Waals surface area contributed by atoms with Crippen LogP contribution in [0, 0.1) is 0 Å². The maximum Gasteiger partial charge on any atom is 0.244 e. The fourth-order valence-electron chi connectivity index (χ4n) is 2.15. The van der Waals surface area contributed by atoms with Crippen LogP contribution in [0.25, 0.3) is 0 Å². The lowest BCUT2D eigenvalue weighted by Gasteiger charge is -2.22. The monoisotopic (exact) mass is 302 g/mol. The third-order valence-electron chi connectivity index (χ3n) is 3.33. The SMILES string of the molecule is CNCCCn1cc(S(=O)(=O)NC2(C)CCOC2)cn1. The summed E-state index contributed by atoms with van der Waals surface area (Å²) in [6.45, 7) is 4.41. The standard InChI is InChI=1S/C12H22N4O3S/c1-12(4-7-19-10-12)15-20(17,18)11-8-14-16(9-11)6-3-5-13-2/h8-9,13,15H,3-7,10H2,1-2H3. The fourth-order valence-corrected chi connectivity index (χ4v) is 3.53. The quantitative estimate of drug-likeness (QED) is 0.690. The van der Waals surface area contributed by atoms with E-state index in [1.54, 1.807) is 10.9 Å². The molecule has 0 radical (unpaired) electrons. The van der Waals surface area contributed by atoms with Crippen LogP contribution in [-0.2, 0) is 21.3 Å². The Bertz CT molecular complexity index is 535. The van der Waals surface area contributed by atoms with Crippen molar-refractivity contribution in [3.05, 3.63) is 12.4 Å². The van der Waals surface area contributed by atoms with E-state index in [2.05, 4.69) is 15.1 Å². The molecule has 1 aliphatic heterocycles. The number of hydrogen-bond acceptors (Lipinski definition) is 5. The molecule has 0 aliphatic carbocycles. The molecule has 2 heterocycles. The van der Waals surface area contributed by atoms with Gasteiger partial charge in [-0.25, -0.2) is 13.1 Å². The summed E-state index contributed by atoms with van der Waals surface area (Å²) in [6.07, 6.45) is 4.54. The van der Waals surface area contributed by atoms with Crippen molar-refractivity contribution >= 4 is 10.0 Å². The van der Waals surface area contributed by atoms with Crippen molar-refractivity contribution in [3.63, 3.8) is 0 Å². The van der Waals surface area contributed by atoms with E-state index < -0.39 is 15.6 Å². The number of sulfonamides is 1. The summed E-state index contributed by atoms with van der Waals surface area (Å²) in [5, 5.41) is 7.13. The van der Waals surface area contributed by atoms with Gasteiger partial charge in [-0.3, -0.25) is 4.68 Å². The Morgan fingerprint density at radius 3 is 3.00 bits per heavy atom. The average molecular weight is 302 g/mol. The van der Waals surface area contributed by atoms with Gasteiger partial charge in [0.2, 0.25) is 10.0 Å². The van der Waals surface area contributed by atoms with Crippen LogP contribution in [0.15, 0.2) is 17.3 Å². The Morgan fingerprint density at radius 1 is 1.55 bits per heavy atom. The minimum atomic E-state index is -3.54. The molecule has 1 unspecified atom stereocenters. The zero-order valence-corrected chi connectivity index (χ0v) is 12.7. The largest absolute Gasteiger partial charge is 0.379 e. The van der Waals surface area contributed by atoms with E-state index in [4.69, 9.17) is 4.74 Å². The van der Waals surface area contributed by atoms with Gasteiger partial charge in [0, 0.05) is 19.3 Å². The van der Waals surface area contributed by atoms with Gasteiger partial charge >= 0.3 is 0 Å². The second-order valence-electron chi connectivity index (χ2n) is 5.36. The van der Waals surface area contributed by atoms with Crippen LogP contribution in [0.3, 0.4) is 0 Å². The topological polar surface area (TPSA) is 85.2 Å². The summed E-state index contributed by atoms with van der Waals surface area (Å²) in [5.41, 5.74) is -0.521. The number of nitrogens with one attached hydrogen (secondary N) is 2. The summed E-state index contributed by atoms with van der Waals surface area (Å²) in [4.78, 5) is 0.204. The highest BCUT2D eigenvalue weighted by Gasteiger charge is 2.35. The zero-order chi connectivity index (χ0) is 14.6. The van der Waals surface area contributed by atoms with Gasteiger partial charge in [0.05, 0.1) is 18.3 Å². The first-order valence-electron chi connectivity index (χ1n) is 6.74. The van der Waals surface area contributed by atoms with Crippen molar-refractivity contribution in [1.82, 2.24) is 19.8 Å². The highest BCUT2D eigenvalue weighted by Crippen LogP contribution is 2.21. The second-order valence-corrected chi connectivity index (χ2v) is 7.05. The molecule has 0 aromatic carbocycles. The molecule has 20 heavy (non-hydrogen) atoms. The normalized spacial score (nSPS) is 23.3. The molecule has 1 fully saturated rings. The fraction of sp³-hybridized carbons (Fsp3) is 0.750. The average Bonchev–Trinajstić information content (AvgIpc) is 2.98. The van der Waals surface area contributed by atoms with Crippen molar-refractivity contribution in [1.29, 1.82) is 0 Å². The van der Waals surface area contributed by atoms with Gasteiger partial charge in [0.15, 0.2) is 0 Å². The van der Waals surface area contributed by atoms with Crippen LogP contribution in [0.2, 0.25) is 0 Å². The first-order chi connectivity index (χ1) is 9.45. The molecule has 1 aromatic rings. The zero-order valence-electron chi connectivity index (χ0n) is 11.9. The lowest BCUT2D eigenvalue weighted by molar-refractivity contribution is 0.178. The van der Waals surface area contributed by atoms with Crippen LogP contribution < -0.4 is 10.0 Å². The van der Waals surface area contributed by atoms with Crippen molar-refractivity contribution in [2.75, 3.05) is 26.8 Å². The third kappa shape index (κ3) is 3.78. The molecule has 1 atom stereocenters. The molecule has 1 saturated heterocycles. The smallest absolute Gasteiger partial charge is 0.244 e. The molecule has 7 nitrogen and oxygen atoms in total. The lowest BCUT2D eigenvalue weighted by Crippen LogP contribution is -2.46. The predicted octanol–water partition coefficient (Wildman–Crippen LogP) is -0.0501. The molecular formula is C12H22N4O3S. The van der Waals surface area contributed by atoms with Crippen molar-refractivity contribution < 1.29 is 13.2 Å². The molecule has 0 spiro atoms. The van der Waals surface area contributed by atoms with Crippen molar-refractivity contribution in [2.45, 2.75) is 36.7 Å². The number of hydrogen-bond donors (Lipinski definition) is 2.